The van der Waals surface area contributed by atoms with Gasteiger partial charge in [0.15, 0.2) is 0 Å². The fourth-order valence-electron chi connectivity index (χ4n) is 4.77. The summed E-state index contributed by atoms with van der Waals surface area (Å²) in [5.41, 5.74) is 4.23. The highest BCUT2D eigenvalue weighted by Crippen LogP contribution is 2.16. The van der Waals surface area contributed by atoms with Crippen molar-refractivity contribution < 1.29 is 4.79 Å². The van der Waals surface area contributed by atoms with Gasteiger partial charge < -0.3 is 15.1 Å². The first-order valence-corrected chi connectivity index (χ1v) is 12.7. The molecule has 1 amide bonds. The first-order valence-electron chi connectivity index (χ1n) is 12.7. The molecular weight excluding hydrogens is 418 g/mol. The summed E-state index contributed by atoms with van der Waals surface area (Å²) >= 11 is 0. The third kappa shape index (κ3) is 11.2. The zero-order chi connectivity index (χ0) is 22.5. The third-order valence-electron chi connectivity index (χ3n) is 6.69. The van der Waals surface area contributed by atoms with E-state index >= 15 is 0 Å². The van der Waals surface area contributed by atoms with Gasteiger partial charge in [-0.2, -0.15) is 0 Å². The highest BCUT2D eigenvalue weighted by atomic mass is 35.5. The second kappa shape index (κ2) is 16.5. The zero-order valence-corrected chi connectivity index (χ0v) is 22.0. The summed E-state index contributed by atoms with van der Waals surface area (Å²) in [5, 5.41) is 3.11. The van der Waals surface area contributed by atoms with E-state index in [-0.39, 0.29) is 18.3 Å². The van der Waals surface area contributed by atoms with E-state index in [1.54, 1.807) is 0 Å². The Kier molecular flexibility index (Phi) is 14.9. The number of benzene rings is 1. The Morgan fingerprint density at radius 2 is 1.25 bits per heavy atom. The van der Waals surface area contributed by atoms with Gasteiger partial charge in [-0.1, -0.05) is 69.1 Å². The van der Waals surface area contributed by atoms with Crippen molar-refractivity contribution in [2.75, 3.05) is 46.3 Å². The number of rotatable bonds is 14. The van der Waals surface area contributed by atoms with Crippen molar-refractivity contribution in [1.82, 2.24) is 15.1 Å². The van der Waals surface area contributed by atoms with Crippen molar-refractivity contribution in [1.29, 1.82) is 0 Å². The van der Waals surface area contributed by atoms with E-state index in [2.05, 4.69) is 41.2 Å². The minimum absolute atomic E-state index is 0. The molecule has 5 heteroatoms. The Morgan fingerprint density at radius 3 is 1.78 bits per heavy atom. The van der Waals surface area contributed by atoms with E-state index in [9.17, 15) is 4.79 Å². The summed E-state index contributed by atoms with van der Waals surface area (Å²) in [5.74, 6) is 0.0858. The Morgan fingerprint density at radius 1 is 0.781 bits per heavy atom. The van der Waals surface area contributed by atoms with Gasteiger partial charge in [0, 0.05) is 38.3 Å². The lowest BCUT2D eigenvalue weighted by molar-refractivity contribution is 0.0951. The van der Waals surface area contributed by atoms with Crippen molar-refractivity contribution in [3.63, 3.8) is 0 Å². The molecule has 1 aromatic carbocycles. The number of amides is 1. The molecule has 0 radical (unpaired) electrons. The monoisotopic (exact) mass is 465 g/mol. The molecule has 0 aromatic heterocycles. The van der Waals surface area contributed by atoms with Gasteiger partial charge in [0.05, 0.1) is 0 Å². The number of hydrogen-bond acceptors (Lipinski definition) is 3. The van der Waals surface area contributed by atoms with Crippen LogP contribution in [0.5, 0.6) is 0 Å². The predicted molar refractivity (Wildman–Crippen MR) is 140 cm³/mol. The van der Waals surface area contributed by atoms with Gasteiger partial charge in [0.2, 0.25) is 0 Å². The first-order chi connectivity index (χ1) is 15.0. The van der Waals surface area contributed by atoms with Gasteiger partial charge in [0.1, 0.15) is 0 Å². The summed E-state index contributed by atoms with van der Waals surface area (Å²) in [6.07, 6.45) is 13.3. The molecule has 1 aliphatic heterocycles. The topological polar surface area (TPSA) is 35.6 Å². The highest BCUT2D eigenvalue weighted by Gasteiger charge is 2.13. The maximum atomic E-state index is 12.5. The fourth-order valence-corrected chi connectivity index (χ4v) is 4.77. The average Bonchev–Trinajstić information content (AvgIpc) is 2.72. The normalized spacial score (nSPS) is 14.9. The minimum Gasteiger partial charge on any atom is -0.352 e. The van der Waals surface area contributed by atoms with Crippen LogP contribution in [0.1, 0.15) is 91.3 Å². The smallest absolute Gasteiger partial charge is 0.251 e. The van der Waals surface area contributed by atoms with E-state index in [0.29, 0.717) is 0 Å². The van der Waals surface area contributed by atoms with E-state index < -0.39 is 0 Å². The number of unbranched alkanes of at least 4 members (excludes halogenated alkanes) is 9. The van der Waals surface area contributed by atoms with Crippen molar-refractivity contribution in [2.24, 2.45) is 0 Å². The highest BCUT2D eigenvalue weighted by molar-refractivity contribution is 5.97. The number of hydrogen-bond donors (Lipinski definition) is 1. The molecule has 0 bridgehead atoms. The lowest BCUT2D eigenvalue weighted by atomic mass is 9.99. The van der Waals surface area contributed by atoms with Crippen LogP contribution in [0.4, 0.5) is 0 Å². The van der Waals surface area contributed by atoms with Gasteiger partial charge in [-0.15, -0.1) is 12.4 Å². The fraction of sp³-hybridized carbons (Fsp3) is 0.741. The van der Waals surface area contributed by atoms with Crippen LogP contribution in [0.15, 0.2) is 12.1 Å². The largest absolute Gasteiger partial charge is 0.352 e. The second-order valence-corrected chi connectivity index (χ2v) is 9.71. The lowest BCUT2D eigenvalue weighted by Crippen LogP contribution is -2.44. The number of carbonyl (C=O) groups excluding carboxylic acids is 1. The number of likely N-dealkylation sites (N-methyl/N-ethyl adjacent to an activating group) is 1. The molecule has 1 N–H and O–H groups in total. The molecule has 0 saturated carbocycles. The summed E-state index contributed by atoms with van der Waals surface area (Å²) < 4.78 is 0. The van der Waals surface area contributed by atoms with Crippen molar-refractivity contribution >= 4 is 18.3 Å². The molecular formula is C27H48ClN3O. The maximum absolute atomic E-state index is 12.5. The Balaban J connectivity index is 0.00000512. The van der Waals surface area contributed by atoms with Crippen LogP contribution in [0.3, 0.4) is 0 Å². The Bertz CT molecular complexity index is 633. The number of aryl methyl sites for hydroxylation is 3. The molecule has 1 saturated heterocycles. The molecule has 1 heterocycles. The van der Waals surface area contributed by atoms with Gasteiger partial charge in [0.25, 0.3) is 5.91 Å². The van der Waals surface area contributed by atoms with E-state index in [0.717, 1.165) is 29.7 Å². The Labute approximate surface area is 203 Å². The molecule has 0 spiro atoms. The standard InChI is InChI=1S/C27H47N3O.ClH/c1-23-21-24(2)26(25(3)22-23)27(31)28-15-13-11-9-7-5-6-8-10-12-14-16-30-19-17-29(4)18-20-30;/h21-22H,5-20H2,1-4H3,(H,28,31);1H. The zero-order valence-electron chi connectivity index (χ0n) is 21.2. The average molecular weight is 466 g/mol. The summed E-state index contributed by atoms with van der Waals surface area (Å²) in [4.78, 5) is 17.5. The molecule has 0 atom stereocenters. The minimum atomic E-state index is 0. The number of halogens is 1. The van der Waals surface area contributed by atoms with Gasteiger partial charge >= 0.3 is 0 Å². The van der Waals surface area contributed by atoms with Gasteiger partial charge in [-0.25, -0.2) is 0 Å². The molecule has 1 aromatic rings. The van der Waals surface area contributed by atoms with Crippen LogP contribution < -0.4 is 5.32 Å². The summed E-state index contributed by atoms with van der Waals surface area (Å²) in [7, 11) is 2.23. The Hall–Kier alpha value is -1.10. The molecule has 4 nitrogen and oxygen atoms in total. The van der Waals surface area contributed by atoms with Crippen molar-refractivity contribution in [3.05, 3.63) is 34.4 Å². The molecule has 2 rings (SSSR count). The van der Waals surface area contributed by atoms with Crippen LogP contribution in [0.25, 0.3) is 0 Å². The van der Waals surface area contributed by atoms with Gasteiger partial charge in [-0.3, -0.25) is 4.79 Å². The van der Waals surface area contributed by atoms with Crippen LogP contribution in [0.2, 0.25) is 0 Å². The number of nitrogens with one attached hydrogen (secondary N) is 1. The predicted octanol–water partition coefficient (Wildman–Crippen LogP) is 5.91. The SMILES string of the molecule is Cc1cc(C)c(C(=O)NCCCCCCCCCCCCN2CCN(C)CC2)c(C)c1.Cl. The van der Waals surface area contributed by atoms with Crippen LogP contribution in [-0.2, 0) is 0 Å². The van der Waals surface area contributed by atoms with Crippen molar-refractivity contribution in [2.45, 2.75) is 85.0 Å². The van der Waals surface area contributed by atoms with Gasteiger partial charge in [-0.05, 0) is 58.3 Å². The number of nitrogens with zero attached hydrogens (tertiary/aromatic N) is 2. The van der Waals surface area contributed by atoms with Crippen LogP contribution >= 0.6 is 12.4 Å². The van der Waals surface area contributed by atoms with Crippen LogP contribution in [-0.4, -0.2) is 62.0 Å². The summed E-state index contributed by atoms with van der Waals surface area (Å²) in [6.45, 7) is 13.2. The third-order valence-corrected chi connectivity index (χ3v) is 6.69. The number of carbonyl (C=O) groups is 1. The molecule has 0 unspecified atom stereocenters. The first kappa shape index (κ1) is 28.9. The maximum Gasteiger partial charge on any atom is 0.251 e. The van der Waals surface area contributed by atoms with E-state index in [1.165, 1.54) is 96.1 Å². The van der Waals surface area contributed by atoms with Crippen molar-refractivity contribution in [3.8, 4) is 0 Å². The summed E-state index contributed by atoms with van der Waals surface area (Å²) in [6, 6.07) is 4.19. The van der Waals surface area contributed by atoms with E-state index in [4.69, 9.17) is 0 Å². The molecule has 32 heavy (non-hydrogen) atoms. The molecule has 1 aliphatic rings. The number of piperazine rings is 1. The lowest BCUT2D eigenvalue weighted by Gasteiger charge is -2.32. The molecule has 1 fully saturated rings. The molecule has 0 aliphatic carbocycles. The second-order valence-electron chi connectivity index (χ2n) is 9.71. The quantitative estimate of drug-likeness (QED) is 0.347. The van der Waals surface area contributed by atoms with Crippen LogP contribution in [0, 0.1) is 20.8 Å². The molecule has 184 valence electrons. The van der Waals surface area contributed by atoms with E-state index in [1.807, 2.05) is 13.8 Å².